The average Bonchev–Trinajstić information content (AvgIpc) is 3.89. The minimum atomic E-state index is -4.96. The first kappa shape index (κ1) is 47.4. The predicted octanol–water partition coefficient (Wildman–Crippen LogP) is 9.20. The summed E-state index contributed by atoms with van der Waals surface area (Å²) >= 11 is 0.706. The number of nitriles is 1. The van der Waals surface area contributed by atoms with Crippen LogP contribution in [-0.4, -0.2) is 118 Å². The fourth-order valence-corrected chi connectivity index (χ4v) is 9.83. The van der Waals surface area contributed by atoms with Gasteiger partial charge in [-0.15, -0.1) is 11.3 Å². The monoisotopic (exact) mass is 927 g/mol. The summed E-state index contributed by atoms with van der Waals surface area (Å²) in [5.41, 5.74) is -3.37. The topological polar surface area (TPSA) is 180 Å². The van der Waals surface area contributed by atoms with Gasteiger partial charge in [0.15, 0.2) is 0 Å². The molecule has 2 unspecified atom stereocenters. The van der Waals surface area contributed by atoms with E-state index in [1.165, 1.54) is 12.1 Å². The first-order valence-corrected chi connectivity index (χ1v) is 22.4. The lowest BCUT2D eigenvalue weighted by molar-refractivity contribution is -0.138. The normalized spacial score (nSPS) is 19.2. The molecule has 3 atom stereocenters. The summed E-state index contributed by atoms with van der Waals surface area (Å²) in [6.07, 6.45) is -2.74. The van der Waals surface area contributed by atoms with Gasteiger partial charge in [0.1, 0.15) is 40.5 Å². The van der Waals surface area contributed by atoms with Crippen molar-refractivity contribution in [1.29, 1.82) is 5.26 Å². The van der Waals surface area contributed by atoms with Crippen molar-refractivity contribution in [2.75, 3.05) is 56.2 Å². The number of aromatic nitrogens is 2. The molecule has 2 aromatic carbocycles. The molecule has 5 heterocycles. The number of carbonyl (C=O) groups is 3. The zero-order chi connectivity index (χ0) is 47.0. The molecule has 20 heteroatoms. The summed E-state index contributed by atoms with van der Waals surface area (Å²) in [6, 6.07) is 5.65. The number of aliphatic carboxylic acids is 1. The maximum absolute atomic E-state index is 15.6. The van der Waals surface area contributed by atoms with Crippen molar-refractivity contribution in [3.63, 3.8) is 0 Å². The Morgan fingerprint density at radius 1 is 0.969 bits per heavy atom. The van der Waals surface area contributed by atoms with Crippen molar-refractivity contribution in [2.24, 2.45) is 0 Å². The Morgan fingerprint density at radius 2 is 1.68 bits per heavy atom. The summed E-state index contributed by atoms with van der Waals surface area (Å²) in [4.78, 5) is 52.3. The number of anilines is 2. The van der Waals surface area contributed by atoms with E-state index >= 15 is 17.6 Å². The number of carbonyl (C=O) groups excluding carboxylic acids is 2. The van der Waals surface area contributed by atoms with Crippen LogP contribution < -0.4 is 15.0 Å². The molecular weight excluding hydrogens is 875 g/mol. The molecule has 350 valence electrons. The molecule has 4 aromatic rings. The molecular formula is C45H53F4N7O8S. The Kier molecular flexibility index (Phi) is 13.7. The molecule has 2 N–H and O–H groups in total. The summed E-state index contributed by atoms with van der Waals surface area (Å²) in [6.45, 7) is 12.9. The van der Waals surface area contributed by atoms with Crippen molar-refractivity contribution < 1.29 is 56.0 Å². The Bertz CT molecular complexity index is 2480. The number of hydrogen-bond acceptors (Lipinski definition) is 13. The van der Waals surface area contributed by atoms with E-state index < -0.39 is 46.9 Å². The number of carboxylic acids is 1. The molecule has 0 spiro atoms. The first-order chi connectivity index (χ1) is 30.6. The van der Waals surface area contributed by atoms with Crippen LogP contribution >= 0.6 is 11.3 Å². The molecule has 7 rings (SSSR count). The maximum Gasteiger partial charge on any atom is 0.417 e. The lowest BCUT2D eigenvalue weighted by atomic mass is 9.93. The number of likely N-dealkylation sites (tertiary alicyclic amines) is 1. The third-order valence-corrected chi connectivity index (χ3v) is 12.5. The van der Waals surface area contributed by atoms with Crippen molar-refractivity contribution >= 4 is 61.3 Å². The summed E-state index contributed by atoms with van der Waals surface area (Å²) in [7, 11) is 0. The minimum Gasteiger partial charge on any atom is -0.481 e. The van der Waals surface area contributed by atoms with E-state index in [-0.39, 0.29) is 105 Å². The van der Waals surface area contributed by atoms with Crippen LogP contribution in [0.4, 0.5) is 38.0 Å². The van der Waals surface area contributed by atoms with E-state index in [0.29, 0.717) is 43.8 Å². The van der Waals surface area contributed by atoms with E-state index in [1.54, 1.807) is 46.4 Å². The predicted molar refractivity (Wildman–Crippen MR) is 235 cm³/mol. The smallest absolute Gasteiger partial charge is 0.417 e. The zero-order valence-corrected chi connectivity index (χ0v) is 38.0. The average molecular weight is 928 g/mol. The Labute approximate surface area is 377 Å². The van der Waals surface area contributed by atoms with Gasteiger partial charge in [0.2, 0.25) is 0 Å². The van der Waals surface area contributed by atoms with Gasteiger partial charge < -0.3 is 29.0 Å². The van der Waals surface area contributed by atoms with Gasteiger partial charge in [0.25, 0.3) is 0 Å². The molecule has 65 heavy (non-hydrogen) atoms. The van der Waals surface area contributed by atoms with Crippen molar-refractivity contribution in [2.45, 2.75) is 116 Å². The van der Waals surface area contributed by atoms with E-state index in [1.807, 2.05) is 11.0 Å². The Hall–Kier alpha value is -5.52. The highest BCUT2D eigenvalue weighted by atomic mass is 32.1. The molecule has 0 saturated carbocycles. The van der Waals surface area contributed by atoms with Crippen LogP contribution in [-0.2, 0) is 25.2 Å². The second kappa shape index (κ2) is 18.8. The summed E-state index contributed by atoms with van der Waals surface area (Å²) < 4.78 is 84.6. The van der Waals surface area contributed by atoms with Crippen LogP contribution in [0.25, 0.3) is 32.1 Å². The quantitative estimate of drug-likeness (QED) is 0.0958. The minimum absolute atomic E-state index is 0.0351. The van der Waals surface area contributed by atoms with E-state index in [4.69, 9.17) is 29.0 Å². The number of carboxylic acid groups (broad SMARTS) is 1. The number of ether oxygens (including phenoxy) is 4. The van der Waals surface area contributed by atoms with Crippen molar-refractivity contribution in [3.8, 4) is 23.2 Å². The molecule has 2 bridgehead atoms. The number of rotatable bonds is 13. The Balaban J connectivity index is 1.29. The highest BCUT2D eigenvalue weighted by Crippen LogP contribution is 2.48. The van der Waals surface area contributed by atoms with Crippen LogP contribution in [0.2, 0.25) is 0 Å². The number of piperazine rings is 1. The number of thiophene rings is 1. The van der Waals surface area contributed by atoms with E-state index in [0.717, 1.165) is 31.5 Å². The summed E-state index contributed by atoms with van der Waals surface area (Å²) in [5.74, 6) is -1.55. The molecule has 3 aliphatic rings. The van der Waals surface area contributed by atoms with Gasteiger partial charge in [0.05, 0.1) is 46.5 Å². The number of benzene rings is 2. The lowest BCUT2D eigenvalue weighted by Gasteiger charge is -2.42. The number of nitrogens with one attached hydrogen (secondary N) is 1. The second-order valence-electron chi connectivity index (χ2n) is 18.5. The molecule has 0 radical (unpaired) electrons. The van der Waals surface area contributed by atoms with Crippen LogP contribution in [0.3, 0.4) is 0 Å². The van der Waals surface area contributed by atoms with E-state index in [9.17, 15) is 19.6 Å². The van der Waals surface area contributed by atoms with Gasteiger partial charge in [-0.25, -0.2) is 14.0 Å². The molecule has 3 saturated heterocycles. The van der Waals surface area contributed by atoms with Gasteiger partial charge in [-0.2, -0.15) is 28.4 Å². The zero-order valence-electron chi connectivity index (χ0n) is 37.1. The number of nitrogens with zero attached hydrogens (tertiary/aromatic N) is 6. The third-order valence-electron chi connectivity index (χ3n) is 11.4. The van der Waals surface area contributed by atoms with Crippen LogP contribution in [0.5, 0.6) is 6.01 Å². The molecule has 3 aliphatic heterocycles. The second-order valence-corrected chi connectivity index (χ2v) is 19.5. The first-order valence-electron chi connectivity index (χ1n) is 21.6. The molecule has 3 fully saturated rings. The third kappa shape index (κ3) is 11.0. The van der Waals surface area contributed by atoms with Gasteiger partial charge >= 0.3 is 30.3 Å². The standard InChI is InChI=1S/C45H53F4N7O8S/c1-43(2,3)63-41(59)53-39-31(21-50)36-28(12-13-33(46)37(36)65-39)29-20-34-30(19-32(29)45(47,48)49)38(55-22-25-10-11-26(23-55)56(25)42(60)64-44(4,5)6)52-40(51-34)62-24-27-9-7-15-54(27)16-8-17-61-18-14-35(57)58/h12-13,19-20,25-27H,7-11,14-18,22-24H2,1-6H3,(H,53,59)(H,57,58)/t25?,26?,27-/m0/s1. The summed E-state index contributed by atoms with van der Waals surface area (Å²) in [5, 5.41) is 21.6. The highest BCUT2D eigenvalue weighted by molar-refractivity contribution is 7.23. The SMILES string of the molecule is CC(C)(C)OC(=O)Nc1sc2c(F)ccc(-c3cc4nc(OC[C@@H]5CCCN5CCCOCCC(=O)O)nc(N5CC6CCC(C5)N6C(=O)OC(C)(C)C)c4cc3C(F)(F)F)c2c1C#N. The number of hydrogen-bond donors (Lipinski definition) is 2. The maximum atomic E-state index is 15.6. The highest BCUT2D eigenvalue weighted by Gasteiger charge is 2.45. The number of amides is 2. The fourth-order valence-electron chi connectivity index (χ4n) is 8.76. The van der Waals surface area contributed by atoms with Crippen molar-refractivity contribution in [1.82, 2.24) is 19.8 Å². The van der Waals surface area contributed by atoms with E-state index in [2.05, 4.69) is 15.2 Å². The van der Waals surface area contributed by atoms with Crippen LogP contribution in [0.1, 0.15) is 91.2 Å². The van der Waals surface area contributed by atoms with Crippen LogP contribution in [0.15, 0.2) is 24.3 Å². The molecule has 0 aliphatic carbocycles. The Morgan fingerprint density at radius 3 is 2.32 bits per heavy atom. The molecule has 2 aromatic heterocycles. The fraction of sp³-hybridized carbons (Fsp3) is 0.556. The van der Waals surface area contributed by atoms with Gasteiger partial charge in [-0.05, 0) is 110 Å². The number of halogens is 4. The van der Waals surface area contributed by atoms with Crippen molar-refractivity contribution in [3.05, 3.63) is 41.2 Å². The lowest BCUT2D eigenvalue weighted by Crippen LogP contribution is -2.57. The molecule has 2 amide bonds. The van der Waals surface area contributed by atoms with Gasteiger partial charge in [-0.1, -0.05) is 6.07 Å². The van der Waals surface area contributed by atoms with Gasteiger partial charge in [0, 0.05) is 43.1 Å². The number of fused-ring (bicyclic) bond motifs is 4. The molecule has 15 nitrogen and oxygen atoms in total. The number of alkyl halides is 3. The largest absolute Gasteiger partial charge is 0.481 e. The van der Waals surface area contributed by atoms with Gasteiger partial charge in [-0.3, -0.25) is 19.9 Å². The van der Waals surface area contributed by atoms with Crippen LogP contribution in [0, 0.1) is 17.1 Å².